The summed E-state index contributed by atoms with van der Waals surface area (Å²) in [6, 6.07) is 15.3. The molecular formula is C22H21N3O3S. The van der Waals surface area contributed by atoms with Gasteiger partial charge in [0.15, 0.2) is 5.76 Å². The van der Waals surface area contributed by atoms with Crippen LogP contribution in [-0.2, 0) is 12.1 Å². The number of hydrogen-bond acceptors (Lipinski definition) is 6. The van der Waals surface area contributed by atoms with Crippen LogP contribution in [0.15, 0.2) is 52.9 Å². The highest BCUT2D eigenvalue weighted by atomic mass is 32.1. The number of piperidine rings is 1. The first-order valence-electron chi connectivity index (χ1n) is 9.71. The third-order valence-corrected chi connectivity index (χ3v) is 6.48. The minimum atomic E-state index is -0.827. The molecule has 3 heterocycles. The van der Waals surface area contributed by atoms with Gasteiger partial charge in [0.2, 0.25) is 0 Å². The lowest BCUT2D eigenvalue weighted by molar-refractivity contribution is 0.00605. The Morgan fingerprint density at radius 3 is 2.86 bits per heavy atom. The van der Waals surface area contributed by atoms with E-state index in [1.165, 1.54) is 0 Å². The molecule has 6 nitrogen and oxygen atoms in total. The molecule has 29 heavy (non-hydrogen) atoms. The van der Waals surface area contributed by atoms with E-state index < -0.39 is 5.60 Å². The molecule has 2 aromatic heterocycles. The van der Waals surface area contributed by atoms with Crippen LogP contribution in [0.3, 0.4) is 0 Å². The largest absolute Gasteiger partial charge is 0.451 e. The molecule has 0 aliphatic carbocycles. The Morgan fingerprint density at radius 1 is 1.21 bits per heavy atom. The van der Waals surface area contributed by atoms with Crippen molar-refractivity contribution in [1.29, 1.82) is 0 Å². The molecule has 4 aromatic rings. The molecule has 0 bridgehead atoms. The first-order valence-corrected chi connectivity index (χ1v) is 10.5. The van der Waals surface area contributed by atoms with Crippen LogP contribution in [0, 0.1) is 0 Å². The maximum Gasteiger partial charge on any atom is 0.287 e. The lowest BCUT2D eigenvalue weighted by atomic mass is 9.85. The predicted molar refractivity (Wildman–Crippen MR) is 113 cm³/mol. The summed E-state index contributed by atoms with van der Waals surface area (Å²) >= 11 is 1.57. The molecule has 5 rings (SSSR count). The Bertz CT molecular complexity index is 1160. The van der Waals surface area contributed by atoms with Crippen molar-refractivity contribution >= 4 is 38.4 Å². The Kier molecular flexibility index (Phi) is 4.58. The Morgan fingerprint density at radius 2 is 2.03 bits per heavy atom. The first-order chi connectivity index (χ1) is 14.1. The highest BCUT2D eigenvalue weighted by Crippen LogP contribution is 2.33. The smallest absolute Gasteiger partial charge is 0.287 e. The maximum atomic E-state index is 12.6. The predicted octanol–water partition coefficient (Wildman–Crippen LogP) is 3.54. The van der Waals surface area contributed by atoms with Gasteiger partial charge in [0.05, 0.1) is 22.4 Å². The molecule has 1 fully saturated rings. The SMILES string of the molecule is O=C(NCc1nc2ccccc2s1)c1cc2cc(C3(O)CCNCC3)ccc2o1. The number of para-hydroxylation sites is 1. The molecule has 7 heteroatoms. The van der Waals surface area contributed by atoms with E-state index in [0.29, 0.717) is 25.0 Å². The highest BCUT2D eigenvalue weighted by molar-refractivity contribution is 7.18. The van der Waals surface area contributed by atoms with Crippen molar-refractivity contribution in [3.63, 3.8) is 0 Å². The first kappa shape index (κ1) is 18.3. The van der Waals surface area contributed by atoms with Gasteiger partial charge in [-0.3, -0.25) is 4.79 Å². The van der Waals surface area contributed by atoms with Crippen LogP contribution in [0.1, 0.15) is 34.0 Å². The number of nitrogens with zero attached hydrogens (tertiary/aromatic N) is 1. The molecule has 0 spiro atoms. The van der Waals surface area contributed by atoms with Crippen LogP contribution in [0.2, 0.25) is 0 Å². The van der Waals surface area contributed by atoms with E-state index in [2.05, 4.69) is 15.6 Å². The van der Waals surface area contributed by atoms with Gasteiger partial charge in [0, 0.05) is 5.39 Å². The van der Waals surface area contributed by atoms with E-state index in [-0.39, 0.29) is 11.7 Å². The third-order valence-electron chi connectivity index (χ3n) is 5.45. The van der Waals surface area contributed by atoms with Crippen molar-refractivity contribution in [2.24, 2.45) is 0 Å². The summed E-state index contributed by atoms with van der Waals surface area (Å²) in [7, 11) is 0. The third kappa shape index (κ3) is 3.53. The number of nitrogens with one attached hydrogen (secondary N) is 2. The van der Waals surface area contributed by atoms with Gasteiger partial charge >= 0.3 is 0 Å². The summed E-state index contributed by atoms with van der Waals surface area (Å²) in [6.45, 7) is 1.94. The van der Waals surface area contributed by atoms with Crippen LogP contribution in [0.4, 0.5) is 0 Å². The van der Waals surface area contributed by atoms with Gasteiger partial charge in [-0.05, 0) is 61.8 Å². The molecule has 1 aliphatic heterocycles. The van der Waals surface area contributed by atoms with Gasteiger partial charge in [-0.2, -0.15) is 0 Å². The fraction of sp³-hybridized carbons (Fsp3) is 0.273. The second-order valence-electron chi connectivity index (χ2n) is 7.40. The maximum absolute atomic E-state index is 12.6. The minimum Gasteiger partial charge on any atom is -0.451 e. The zero-order chi connectivity index (χ0) is 19.8. The lowest BCUT2D eigenvalue weighted by Crippen LogP contribution is -2.39. The fourth-order valence-corrected chi connectivity index (χ4v) is 4.72. The van der Waals surface area contributed by atoms with Crippen LogP contribution in [0.5, 0.6) is 0 Å². The summed E-state index contributed by atoms with van der Waals surface area (Å²) < 4.78 is 6.83. The number of hydrogen-bond donors (Lipinski definition) is 3. The minimum absolute atomic E-state index is 0.260. The van der Waals surface area contributed by atoms with Crippen LogP contribution in [0.25, 0.3) is 21.2 Å². The molecule has 0 unspecified atom stereocenters. The Balaban J connectivity index is 1.33. The van der Waals surface area contributed by atoms with E-state index in [9.17, 15) is 9.90 Å². The summed E-state index contributed by atoms with van der Waals surface area (Å²) in [5, 5.41) is 18.8. The van der Waals surface area contributed by atoms with E-state index in [4.69, 9.17) is 4.42 Å². The monoisotopic (exact) mass is 407 g/mol. The van der Waals surface area contributed by atoms with Crippen molar-refractivity contribution in [2.75, 3.05) is 13.1 Å². The van der Waals surface area contributed by atoms with Gasteiger partial charge in [0.25, 0.3) is 5.91 Å². The number of thiazole rings is 1. The van der Waals surface area contributed by atoms with Crippen molar-refractivity contribution < 1.29 is 14.3 Å². The summed E-state index contributed by atoms with van der Waals surface area (Å²) in [6.07, 6.45) is 1.34. The zero-order valence-electron chi connectivity index (χ0n) is 15.8. The molecule has 3 N–H and O–H groups in total. The fourth-order valence-electron chi connectivity index (χ4n) is 3.81. The number of fused-ring (bicyclic) bond motifs is 2. The van der Waals surface area contributed by atoms with Gasteiger partial charge < -0.3 is 20.2 Å². The number of aliphatic hydroxyl groups is 1. The van der Waals surface area contributed by atoms with Gasteiger partial charge in [0.1, 0.15) is 10.6 Å². The number of rotatable bonds is 4. The summed E-state index contributed by atoms with van der Waals surface area (Å²) in [5.74, 6) is -0.0156. The van der Waals surface area contributed by atoms with E-state index >= 15 is 0 Å². The number of carbonyl (C=O) groups is 1. The molecule has 1 saturated heterocycles. The highest BCUT2D eigenvalue weighted by Gasteiger charge is 2.31. The van der Waals surface area contributed by atoms with Gasteiger partial charge in [-0.25, -0.2) is 4.98 Å². The summed E-state index contributed by atoms with van der Waals surface area (Å²) in [5.41, 5.74) is 1.62. The van der Waals surface area contributed by atoms with Gasteiger partial charge in [-0.15, -0.1) is 11.3 Å². The molecular weight excluding hydrogens is 386 g/mol. The molecule has 0 atom stereocenters. The van der Waals surface area contributed by atoms with E-state index in [1.807, 2.05) is 42.5 Å². The number of furan rings is 1. The van der Waals surface area contributed by atoms with Crippen LogP contribution < -0.4 is 10.6 Å². The standard InChI is InChI=1S/C22H21N3O3S/c26-21(24-13-20-25-16-3-1-2-4-19(16)29-20)18-12-14-11-15(5-6-17(14)28-18)22(27)7-9-23-10-8-22/h1-6,11-12,23,27H,7-10,13H2,(H,24,26). The molecule has 0 saturated carbocycles. The quantitative estimate of drug-likeness (QED) is 0.482. The van der Waals surface area contributed by atoms with E-state index in [1.54, 1.807) is 17.4 Å². The van der Waals surface area contributed by atoms with Crippen molar-refractivity contribution in [1.82, 2.24) is 15.6 Å². The topological polar surface area (TPSA) is 87.4 Å². The molecule has 1 aliphatic rings. The molecule has 1 amide bonds. The van der Waals surface area contributed by atoms with Crippen LogP contribution in [-0.4, -0.2) is 29.1 Å². The van der Waals surface area contributed by atoms with Crippen molar-refractivity contribution in [3.05, 3.63) is 64.9 Å². The second-order valence-corrected chi connectivity index (χ2v) is 8.52. The van der Waals surface area contributed by atoms with Crippen LogP contribution >= 0.6 is 11.3 Å². The number of benzene rings is 2. The van der Waals surface area contributed by atoms with Gasteiger partial charge in [-0.1, -0.05) is 18.2 Å². The number of carbonyl (C=O) groups excluding carboxylic acids is 1. The van der Waals surface area contributed by atoms with Crippen molar-refractivity contribution in [3.8, 4) is 0 Å². The number of amides is 1. The van der Waals surface area contributed by atoms with E-state index in [0.717, 1.165) is 39.3 Å². The Labute approximate surface area is 171 Å². The average molecular weight is 407 g/mol. The zero-order valence-corrected chi connectivity index (χ0v) is 16.6. The normalized spacial score (nSPS) is 16.3. The van der Waals surface area contributed by atoms with Crippen molar-refractivity contribution in [2.45, 2.75) is 25.0 Å². The Hall–Kier alpha value is -2.74. The lowest BCUT2D eigenvalue weighted by Gasteiger charge is -2.33. The molecule has 148 valence electrons. The average Bonchev–Trinajstić information content (AvgIpc) is 3.35. The second kappa shape index (κ2) is 7.26. The molecule has 0 radical (unpaired) electrons. The summed E-state index contributed by atoms with van der Waals surface area (Å²) in [4.78, 5) is 17.1. The molecule has 2 aromatic carbocycles. The number of aromatic nitrogens is 1.